The smallest absolute Gasteiger partial charge is 0.338 e. The monoisotopic (exact) mass is 272 g/mol. The number of hydrogen-bond donors (Lipinski definition) is 0. The average molecular weight is 272 g/mol. The lowest BCUT2D eigenvalue weighted by Gasteiger charge is -2.17. The molecule has 3 heteroatoms. The molecule has 2 aliphatic rings. The van der Waals surface area contributed by atoms with Gasteiger partial charge in [-0.25, -0.2) is 4.79 Å². The summed E-state index contributed by atoms with van der Waals surface area (Å²) in [5, 5.41) is 0. The van der Waals surface area contributed by atoms with E-state index in [4.69, 9.17) is 9.47 Å². The molecule has 0 amide bonds. The van der Waals surface area contributed by atoms with Crippen molar-refractivity contribution in [3.8, 4) is 0 Å². The van der Waals surface area contributed by atoms with Gasteiger partial charge in [-0.1, -0.05) is 30.4 Å². The number of carbonyl (C=O) groups excluding carboxylic acids is 1. The normalized spacial score (nSPS) is 26.9. The van der Waals surface area contributed by atoms with Gasteiger partial charge in [0.25, 0.3) is 0 Å². The molecule has 0 spiro atoms. The third-order valence-electron chi connectivity index (χ3n) is 4.22. The van der Waals surface area contributed by atoms with Crippen LogP contribution in [-0.4, -0.2) is 25.8 Å². The molecule has 1 fully saturated rings. The number of rotatable bonds is 6. The lowest BCUT2D eigenvalue weighted by atomic mass is 9.95. The summed E-state index contributed by atoms with van der Waals surface area (Å²) in [7, 11) is 0. The van der Waals surface area contributed by atoms with Crippen molar-refractivity contribution in [3.05, 3.63) is 48.0 Å². The number of hydrogen-bond acceptors (Lipinski definition) is 3. The summed E-state index contributed by atoms with van der Waals surface area (Å²) in [5.74, 6) is 1.88. The van der Waals surface area contributed by atoms with Crippen molar-refractivity contribution in [1.29, 1.82) is 0 Å². The summed E-state index contributed by atoms with van der Waals surface area (Å²) in [6.45, 7) is 1.59. The molecule has 0 N–H and O–H groups in total. The number of fused-ring (bicyclic) bond motifs is 2. The highest BCUT2D eigenvalue weighted by molar-refractivity contribution is 5.89. The van der Waals surface area contributed by atoms with Crippen molar-refractivity contribution in [2.24, 2.45) is 17.8 Å². The fourth-order valence-corrected chi connectivity index (χ4v) is 3.17. The molecule has 3 nitrogen and oxygen atoms in total. The maximum atomic E-state index is 11.7. The van der Waals surface area contributed by atoms with Gasteiger partial charge in [-0.05, 0) is 42.7 Å². The minimum Gasteiger partial charge on any atom is -0.460 e. The molecule has 0 aliphatic heterocycles. The Labute approximate surface area is 119 Å². The van der Waals surface area contributed by atoms with E-state index in [0.717, 1.165) is 12.5 Å². The number of allylic oxidation sites excluding steroid dienone is 2. The van der Waals surface area contributed by atoms with Crippen LogP contribution in [0.1, 0.15) is 23.2 Å². The summed E-state index contributed by atoms with van der Waals surface area (Å²) < 4.78 is 10.8. The molecule has 106 valence electrons. The average Bonchev–Trinajstić information content (AvgIpc) is 3.10. The Hall–Kier alpha value is -1.61. The zero-order valence-corrected chi connectivity index (χ0v) is 11.5. The molecule has 0 aromatic heterocycles. The Balaban J connectivity index is 1.31. The Kier molecular flexibility index (Phi) is 4.16. The first-order chi connectivity index (χ1) is 9.83. The molecule has 2 aliphatic carbocycles. The standard InChI is InChI=1S/C17H20O3/c18-17(14-4-2-1-3-5-14)20-9-8-19-12-16-11-13-6-7-15(16)10-13/h1-7,13,15-16H,8-12H2. The van der Waals surface area contributed by atoms with Crippen molar-refractivity contribution in [2.45, 2.75) is 12.8 Å². The quantitative estimate of drug-likeness (QED) is 0.453. The van der Waals surface area contributed by atoms with E-state index in [1.54, 1.807) is 12.1 Å². The third kappa shape index (κ3) is 3.10. The van der Waals surface area contributed by atoms with Gasteiger partial charge in [-0.3, -0.25) is 0 Å². The van der Waals surface area contributed by atoms with Crippen molar-refractivity contribution in [2.75, 3.05) is 19.8 Å². The van der Waals surface area contributed by atoms with Crippen LogP contribution in [0.2, 0.25) is 0 Å². The van der Waals surface area contributed by atoms with Gasteiger partial charge in [0.1, 0.15) is 6.61 Å². The topological polar surface area (TPSA) is 35.5 Å². The molecule has 3 atom stereocenters. The zero-order valence-electron chi connectivity index (χ0n) is 11.5. The zero-order chi connectivity index (χ0) is 13.8. The lowest BCUT2D eigenvalue weighted by molar-refractivity contribution is 0.0238. The van der Waals surface area contributed by atoms with Gasteiger partial charge in [0, 0.05) is 0 Å². The van der Waals surface area contributed by atoms with Crippen LogP contribution in [0.5, 0.6) is 0 Å². The van der Waals surface area contributed by atoms with Crippen LogP contribution in [0, 0.1) is 17.8 Å². The van der Waals surface area contributed by atoms with Gasteiger partial charge in [-0.15, -0.1) is 0 Å². The van der Waals surface area contributed by atoms with Crippen molar-refractivity contribution < 1.29 is 14.3 Å². The summed E-state index contributed by atoms with van der Waals surface area (Å²) in [6, 6.07) is 9.05. The van der Waals surface area contributed by atoms with Gasteiger partial charge < -0.3 is 9.47 Å². The Morgan fingerprint density at radius 3 is 2.65 bits per heavy atom. The van der Waals surface area contributed by atoms with Crippen LogP contribution >= 0.6 is 0 Å². The molecule has 1 aromatic rings. The van der Waals surface area contributed by atoms with Gasteiger partial charge in [0.15, 0.2) is 0 Å². The molecule has 1 saturated carbocycles. The highest BCUT2D eigenvalue weighted by Gasteiger charge is 2.35. The van der Waals surface area contributed by atoms with E-state index in [1.165, 1.54) is 12.8 Å². The highest BCUT2D eigenvalue weighted by atomic mass is 16.6. The van der Waals surface area contributed by atoms with Gasteiger partial charge in [0.05, 0.1) is 18.8 Å². The maximum Gasteiger partial charge on any atom is 0.338 e. The lowest BCUT2D eigenvalue weighted by Crippen LogP contribution is -2.17. The first-order valence-corrected chi connectivity index (χ1v) is 7.31. The summed E-state index contributed by atoms with van der Waals surface area (Å²) >= 11 is 0. The molecule has 3 rings (SSSR count). The summed E-state index contributed by atoms with van der Waals surface area (Å²) in [6.07, 6.45) is 7.22. The minimum atomic E-state index is -0.281. The van der Waals surface area contributed by atoms with Crippen LogP contribution in [0.3, 0.4) is 0 Å². The predicted octanol–water partition coefficient (Wildman–Crippen LogP) is 3.07. The third-order valence-corrected chi connectivity index (χ3v) is 4.22. The van der Waals surface area contributed by atoms with Crippen molar-refractivity contribution >= 4 is 5.97 Å². The second-order valence-electron chi connectivity index (χ2n) is 5.62. The van der Waals surface area contributed by atoms with Crippen LogP contribution < -0.4 is 0 Å². The first-order valence-electron chi connectivity index (χ1n) is 7.31. The molecule has 1 aromatic carbocycles. The fourth-order valence-electron chi connectivity index (χ4n) is 3.17. The Bertz CT molecular complexity index is 480. The van der Waals surface area contributed by atoms with Crippen LogP contribution in [-0.2, 0) is 9.47 Å². The van der Waals surface area contributed by atoms with Gasteiger partial charge in [-0.2, -0.15) is 0 Å². The van der Waals surface area contributed by atoms with E-state index in [2.05, 4.69) is 12.2 Å². The molecular weight excluding hydrogens is 252 g/mol. The Morgan fingerprint density at radius 2 is 1.95 bits per heavy atom. The molecule has 20 heavy (non-hydrogen) atoms. The van der Waals surface area contributed by atoms with Gasteiger partial charge in [0.2, 0.25) is 0 Å². The maximum absolute atomic E-state index is 11.7. The van der Waals surface area contributed by atoms with Crippen LogP contribution in [0.4, 0.5) is 0 Å². The molecule has 2 bridgehead atoms. The van der Waals surface area contributed by atoms with E-state index < -0.39 is 0 Å². The van der Waals surface area contributed by atoms with Gasteiger partial charge >= 0.3 is 5.97 Å². The molecule has 0 radical (unpaired) electrons. The summed E-state index contributed by atoms with van der Waals surface area (Å²) in [5.41, 5.74) is 0.589. The molecule has 0 saturated heterocycles. The minimum absolute atomic E-state index is 0.281. The van der Waals surface area contributed by atoms with E-state index in [0.29, 0.717) is 30.6 Å². The molecule has 3 unspecified atom stereocenters. The Morgan fingerprint density at radius 1 is 1.10 bits per heavy atom. The van der Waals surface area contributed by atoms with Crippen molar-refractivity contribution in [1.82, 2.24) is 0 Å². The largest absolute Gasteiger partial charge is 0.460 e. The molecular formula is C17H20O3. The van der Waals surface area contributed by atoms with E-state index in [1.807, 2.05) is 18.2 Å². The van der Waals surface area contributed by atoms with Crippen LogP contribution in [0.15, 0.2) is 42.5 Å². The van der Waals surface area contributed by atoms with E-state index >= 15 is 0 Å². The van der Waals surface area contributed by atoms with Crippen LogP contribution in [0.25, 0.3) is 0 Å². The predicted molar refractivity (Wildman–Crippen MR) is 76.4 cm³/mol. The van der Waals surface area contributed by atoms with E-state index in [9.17, 15) is 4.79 Å². The SMILES string of the molecule is O=C(OCCOCC1CC2C=CC1C2)c1ccccc1. The number of ether oxygens (including phenoxy) is 2. The second-order valence-corrected chi connectivity index (χ2v) is 5.62. The number of carbonyl (C=O) groups is 1. The van der Waals surface area contributed by atoms with E-state index in [-0.39, 0.29) is 5.97 Å². The number of benzene rings is 1. The first kappa shape index (κ1) is 13.4. The van der Waals surface area contributed by atoms with Crippen molar-refractivity contribution in [3.63, 3.8) is 0 Å². The number of esters is 1. The summed E-state index contributed by atoms with van der Waals surface area (Å²) in [4.78, 5) is 11.7. The highest BCUT2D eigenvalue weighted by Crippen LogP contribution is 2.43. The fraction of sp³-hybridized carbons (Fsp3) is 0.471. The molecule has 0 heterocycles. The second kappa shape index (κ2) is 6.23.